The number of hydrogen-bond donors (Lipinski definition) is 3. The van der Waals surface area contributed by atoms with Crippen molar-refractivity contribution in [2.45, 2.75) is 19.5 Å². The van der Waals surface area contributed by atoms with Crippen LogP contribution in [-0.4, -0.2) is 66.4 Å². The Morgan fingerprint density at radius 2 is 1.97 bits per heavy atom. The molecule has 3 N–H and O–H groups in total. The average molecular weight is 541 g/mol. The van der Waals surface area contributed by atoms with Gasteiger partial charge in [0.1, 0.15) is 0 Å². The molecule has 0 atom stereocenters. The number of carbonyl (C=O) groups is 1. The fraction of sp³-hybridized carbons (Fsp3) is 0.476. The van der Waals surface area contributed by atoms with Crippen LogP contribution in [0, 0.1) is 0 Å². The summed E-state index contributed by atoms with van der Waals surface area (Å²) in [5.74, 6) is 0.733. The molecule has 9 nitrogen and oxygen atoms in total. The Morgan fingerprint density at radius 1 is 1.19 bits per heavy atom. The van der Waals surface area contributed by atoms with Crippen LogP contribution < -0.4 is 16.0 Å². The number of anilines is 1. The van der Waals surface area contributed by atoms with E-state index in [1.165, 1.54) is 0 Å². The molecule has 1 fully saturated rings. The number of carbonyl (C=O) groups excluding carboxylic acids is 1. The molecule has 0 aliphatic carbocycles. The van der Waals surface area contributed by atoms with E-state index in [0.29, 0.717) is 25.5 Å². The van der Waals surface area contributed by atoms with Gasteiger partial charge in [-0.1, -0.05) is 12.1 Å². The van der Waals surface area contributed by atoms with Crippen LogP contribution in [0.1, 0.15) is 17.7 Å². The molecule has 170 valence electrons. The molecule has 0 bridgehead atoms. The van der Waals surface area contributed by atoms with E-state index in [9.17, 15) is 4.79 Å². The van der Waals surface area contributed by atoms with Crippen molar-refractivity contribution in [2.24, 2.45) is 12.0 Å². The summed E-state index contributed by atoms with van der Waals surface area (Å²) in [6.45, 7) is 5.27. The van der Waals surface area contributed by atoms with Gasteiger partial charge in [-0.25, -0.2) is 0 Å². The summed E-state index contributed by atoms with van der Waals surface area (Å²) in [5, 5.41) is 13.7. The number of hydrogen-bond acceptors (Lipinski definition) is 5. The first kappa shape index (κ1) is 25.1. The number of aryl methyl sites for hydroxylation is 1. The molecule has 1 amide bonds. The first-order valence-corrected chi connectivity index (χ1v) is 10.2. The first-order valence-electron chi connectivity index (χ1n) is 10.2. The summed E-state index contributed by atoms with van der Waals surface area (Å²) in [7, 11) is 3.65. The Hall–Kier alpha value is -2.18. The third-order valence-corrected chi connectivity index (χ3v) is 5.01. The Balaban J connectivity index is 0.00000341. The normalized spacial score (nSPS) is 14.6. The van der Waals surface area contributed by atoms with Gasteiger partial charge in [-0.3, -0.25) is 19.4 Å². The molecule has 1 aliphatic heterocycles. The minimum atomic E-state index is 0. The molecule has 1 aromatic carbocycles. The molecular formula is C21H32IN7O2. The van der Waals surface area contributed by atoms with E-state index < -0.39 is 0 Å². The van der Waals surface area contributed by atoms with Gasteiger partial charge in [0, 0.05) is 58.6 Å². The molecule has 0 radical (unpaired) electrons. The van der Waals surface area contributed by atoms with E-state index in [1.54, 1.807) is 13.2 Å². The zero-order valence-electron chi connectivity index (χ0n) is 18.1. The van der Waals surface area contributed by atoms with Gasteiger partial charge in [0.25, 0.3) is 0 Å². The second-order valence-electron chi connectivity index (χ2n) is 7.18. The quantitative estimate of drug-likeness (QED) is 0.267. The number of amides is 1. The standard InChI is InChI=1S/C21H31N7O2.HI/c1-22-21(24-16-19-6-8-25-27(19)2)23-15-17-4-3-5-18(14-17)26-20(29)7-9-28-10-12-30-13-11-28;/h3-6,8,14H,7,9-13,15-16H2,1-2H3,(H,26,29)(H2,22,23,24);1H. The number of nitrogens with zero attached hydrogens (tertiary/aromatic N) is 4. The van der Waals surface area contributed by atoms with Crippen molar-refractivity contribution in [3.05, 3.63) is 47.8 Å². The number of aromatic nitrogens is 2. The Morgan fingerprint density at radius 3 is 2.68 bits per heavy atom. The van der Waals surface area contributed by atoms with Crippen molar-refractivity contribution >= 4 is 41.5 Å². The lowest BCUT2D eigenvalue weighted by atomic mass is 10.2. The maximum Gasteiger partial charge on any atom is 0.225 e. The van der Waals surface area contributed by atoms with Crippen molar-refractivity contribution in [1.29, 1.82) is 0 Å². The van der Waals surface area contributed by atoms with Crippen LogP contribution in [0.5, 0.6) is 0 Å². The van der Waals surface area contributed by atoms with Crippen LogP contribution in [0.3, 0.4) is 0 Å². The van der Waals surface area contributed by atoms with E-state index in [4.69, 9.17) is 4.74 Å². The summed E-state index contributed by atoms with van der Waals surface area (Å²) >= 11 is 0. The predicted molar refractivity (Wildman–Crippen MR) is 133 cm³/mol. The summed E-state index contributed by atoms with van der Waals surface area (Å²) in [6.07, 6.45) is 2.25. The zero-order chi connectivity index (χ0) is 21.2. The molecule has 0 spiro atoms. The Kier molecular flexibility index (Phi) is 10.7. The van der Waals surface area contributed by atoms with Crippen LogP contribution in [0.2, 0.25) is 0 Å². The number of ether oxygens (including phenoxy) is 1. The van der Waals surface area contributed by atoms with E-state index in [2.05, 4.69) is 30.9 Å². The molecule has 0 unspecified atom stereocenters. The average Bonchev–Trinajstić information content (AvgIpc) is 3.18. The third-order valence-electron chi connectivity index (χ3n) is 5.01. The molecule has 0 saturated carbocycles. The minimum absolute atomic E-state index is 0. The van der Waals surface area contributed by atoms with Crippen molar-refractivity contribution in [2.75, 3.05) is 45.2 Å². The lowest BCUT2D eigenvalue weighted by Gasteiger charge is -2.26. The second kappa shape index (κ2) is 13.3. The van der Waals surface area contributed by atoms with Crippen molar-refractivity contribution in [3.63, 3.8) is 0 Å². The molecule has 1 aliphatic rings. The van der Waals surface area contributed by atoms with Gasteiger partial charge in [-0.05, 0) is 23.8 Å². The topological polar surface area (TPSA) is 95.8 Å². The number of morpholine rings is 1. The second-order valence-corrected chi connectivity index (χ2v) is 7.18. The SMILES string of the molecule is CN=C(NCc1cccc(NC(=O)CCN2CCOCC2)c1)NCc1ccnn1C.I. The summed E-state index contributed by atoms with van der Waals surface area (Å²) in [4.78, 5) is 18.8. The first-order chi connectivity index (χ1) is 14.6. The molecule has 1 saturated heterocycles. The minimum Gasteiger partial charge on any atom is -0.379 e. The Labute approximate surface area is 200 Å². The van der Waals surface area contributed by atoms with Gasteiger partial charge in [0.15, 0.2) is 5.96 Å². The lowest BCUT2D eigenvalue weighted by molar-refractivity contribution is -0.116. The van der Waals surface area contributed by atoms with E-state index >= 15 is 0 Å². The van der Waals surface area contributed by atoms with Crippen LogP contribution in [-0.2, 0) is 29.7 Å². The number of halogens is 1. The Bertz CT molecular complexity index is 850. The summed E-state index contributed by atoms with van der Waals surface area (Å²) < 4.78 is 7.16. The molecular weight excluding hydrogens is 509 g/mol. The van der Waals surface area contributed by atoms with Gasteiger partial charge in [0.05, 0.1) is 25.5 Å². The van der Waals surface area contributed by atoms with Crippen molar-refractivity contribution < 1.29 is 9.53 Å². The number of aliphatic imine (C=N–C) groups is 1. The summed E-state index contributed by atoms with van der Waals surface area (Å²) in [5.41, 5.74) is 2.93. The highest BCUT2D eigenvalue weighted by Crippen LogP contribution is 2.11. The van der Waals surface area contributed by atoms with Crippen LogP contribution >= 0.6 is 24.0 Å². The van der Waals surface area contributed by atoms with Gasteiger partial charge in [0.2, 0.25) is 5.91 Å². The number of guanidine groups is 1. The highest BCUT2D eigenvalue weighted by molar-refractivity contribution is 14.0. The van der Waals surface area contributed by atoms with Crippen LogP contribution in [0.25, 0.3) is 0 Å². The van der Waals surface area contributed by atoms with Gasteiger partial charge in [-0.2, -0.15) is 5.10 Å². The smallest absolute Gasteiger partial charge is 0.225 e. The zero-order valence-corrected chi connectivity index (χ0v) is 20.5. The highest BCUT2D eigenvalue weighted by atomic mass is 127. The summed E-state index contributed by atoms with van der Waals surface area (Å²) in [6, 6.07) is 9.82. The maximum absolute atomic E-state index is 12.3. The fourth-order valence-electron chi connectivity index (χ4n) is 3.22. The fourth-order valence-corrected chi connectivity index (χ4v) is 3.22. The van der Waals surface area contributed by atoms with Crippen molar-refractivity contribution in [3.8, 4) is 0 Å². The van der Waals surface area contributed by atoms with E-state index in [0.717, 1.165) is 49.8 Å². The van der Waals surface area contributed by atoms with Gasteiger partial charge in [-0.15, -0.1) is 24.0 Å². The van der Waals surface area contributed by atoms with Gasteiger partial charge < -0.3 is 20.7 Å². The van der Waals surface area contributed by atoms with Crippen LogP contribution in [0.4, 0.5) is 5.69 Å². The van der Waals surface area contributed by atoms with Crippen molar-refractivity contribution in [1.82, 2.24) is 25.3 Å². The van der Waals surface area contributed by atoms with Gasteiger partial charge >= 0.3 is 0 Å². The largest absolute Gasteiger partial charge is 0.379 e. The molecule has 10 heteroatoms. The lowest BCUT2D eigenvalue weighted by Crippen LogP contribution is -2.38. The molecule has 31 heavy (non-hydrogen) atoms. The highest BCUT2D eigenvalue weighted by Gasteiger charge is 2.12. The number of nitrogens with one attached hydrogen (secondary N) is 3. The maximum atomic E-state index is 12.3. The number of rotatable bonds is 8. The van der Waals surface area contributed by atoms with E-state index in [1.807, 2.05) is 42.1 Å². The molecule has 3 rings (SSSR count). The predicted octanol–water partition coefficient (Wildman–Crippen LogP) is 1.56. The molecule has 2 heterocycles. The molecule has 1 aromatic heterocycles. The monoisotopic (exact) mass is 541 g/mol. The molecule has 2 aromatic rings. The number of benzene rings is 1. The van der Waals surface area contributed by atoms with Crippen LogP contribution in [0.15, 0.2) is 41.5 Å². The third kappa shape index (κ3) is 8.46. The van der Waals surface area contributed by atoms with E-state index in [-0.39, 0.29) is 29.9 Å².